The maximum absolute atomic E-state index is 12.0. The summed E-state index contributed by atoms with van der Waals surface area (Å²) in [5, 5.41) is 6.11. The molecule has 24 heavy (non-hydrogen) atoms. The Morgan fingerprint density at radius 1 is 0.958 bits per heavy atom. The van der Waals surface area contributed by atoms with Crippen LogP contribution in [0.5, 0.6) is 11.5 Å². The Morgan fingerprint density at radius 2 is 1.62 bits per heavy atom. The van der Waals surface area contributed by atoms with Gasteiger partial charge in [-0.3, -0.25) is 4.79 Å². The van der Waals surface area contributed by atoms with Crippen molar-refractivity contribution in [3.05, 3.63) is 48.0 Å². The van der Waals surface area contributed by atoms with Crippen LogP contribution < -0.4 is 20.1 Å². The molecule has 0 heterocycles. The lowest BCUT2D eigenvalue weighted by atomic mass is 10.1. The number of rotatable bonds is 8. The first-order chi connectivity index (χ1) is 11.7. The Morgan fingerprint density at radius 3 is 2.25 bits per heavy atom. The van der Waals surface area contributed by atoms with E-state index in [0.29, 0.717) is 24.5 Å². The molecular formula is C19H24N2O3. The summed E-state index contributed by atoms with van der Waals surface area (Å²) in [6.07, 6.45) is 1.37. The van der Waals surface area contributed by atoms with Gasteiger partial charge < -0.3 is 20.1 Å². The molecule has 5 nitrogen and oxygen atoms in total. The first-order valence-electron chi connectivity index (χ1n) is 8.01. The fourth-order valence-electron chi connectivity index (χ4n) is 2.31. The Hall–Kier alpha value is -2.69. The van der Waals surface area contributed by atoms with E-state index >= 15 is 0 Å². The third kappa shape index (κ3) is 4.91. The Kier molecular flexibility index (Phi) is 6.49. The normalized spacial score (nSPS) is 10.1. The summed E-state index contributed by atoms with van der Waals surface area (Å²) in [6.45, 7) is 2.64. The maximum atomic E-state index is 12.0. The van der Waals surface area contributed by atoms with E-state index in [1.54, 1.807) is 14.2 Å². The van der Waals surface area contributed by atoms with Gasteiger partial charge in [-0.2, -0.15) is 0 Å². The van der Waals surface area contributed by atoms with Crippen LogP contribution >= 0.6 is 0 Å². The van der Waals surface area contributed by atoms with Gasteiger partial charge in [-0.1, -0.05) is 19.1 Å². The predicted octanol–water partition coefficient (Wildman–Crippen LogP) is 3.71. The van der Waals surface area contributed by atoms with Gasteiger partial charge >= 0.3 is 0 Å². The molecule has 2 rings (SSSR count). The number of aryl methyl sites for hydroxylation is 1. The van der Waals surface area contributed by atoms with E-state index in [1.807, 2.05) is 42.5 Å². The second-order valence-corrected chi connectivity index (χ2v) is 5.35. The van der Waals surface area contributed by atoms with Crippen molar-refractivity contribution >= 4 is 17.3 Å². The highest BCUT2D eigenvalue weighted by molar-refractivity contribution is 5.91. The zero-order valence-electron chi connectivity index (χ0n) is 14.4. The summed E-state index contributed by atoms with van der Waals surface area (Å²) in [6, 6.07) is 13.5. The van der Waals surface area contributed by atoms with Gasteiger partial charge in [0.2, 0.25) is 5.91 Å². The highest BCUT2D eigenvalue weighted by Gasteiger charge is 2.06. The zero-order chi connectivity index (χ0) is 17.4. The van der Waals surface area contributed by atoms with Gasteiger partial charge in [0.1, 0.15) is 0 Å². The number of methoxy groups -OCH3 is 2. The third-order valence-electron chi connectivity index (χ3n) is 3.71. The maximum Gasteiger partial charge on any atom is 0.226 e. The van der Waals surface area contributed by atoms with Crippen molar-refractivity contribution in [3.8, 4) is 11.5 Å². The third-order valence-corrected chi connectivity index (χ3v) is 3.71. The minimum absolute atomic E-state index is 0.0211. The van der Waals surface area contributed by atoms with Gasteiger partial charge in [0.25, 0.3) is 0 Å². The van der Waals surface area contributed by atoms with Gasteiger partial charge in [0.15, 0.2) is 11.5 Å². The smallest absolute Gasteiger partial charge is 0.226 e. The molecule has 0 aliphatic rings. The average Bonchev–Trinajstić information content (AvgIpc) is 2.62. The molecule has 0 saturated carbocycles. The molecule has 128 valence electrons. The Labute approximate surface area is 143 Å². The summed E-state index contributed by atoms with van der Waals surface area (Å²) in [4.78, 5) is 12.0. The Balaban J connectivity index is 1.81. The van der Waals surface area contributed by atoms with Crippen LogP contribution in [0.15, 0.2) is 42.5 Å². The highest BCUT2D eigenvalue weighted by Crippen LogP contribution is 2.29. The van der Waals surface area contributed by atoms with Crippen molar-refractivity contribution in [2.75, 3.05) is 31.4 Å². The fraction of sp³-hybridized carbons (Fsp3) is 0.316. The van der Waals surface area contributed by atoms with Gasteiger partial charge in [0.05, 0.1) is 14.2 Å². The quantitative estimate of drug-likeness (QED) is 0.775. The van der Waals surface area contributed by atoms with Crippen LogP contribution in [0, 0.1) is 0 Å². The summed E-state index contributed by atoms with van der Waals surface area (Å²) in [7, 11) is 3.20. The minimum atomic E-state index is -0.0211. The molecule has 2 N–H and O–H groups in total. The summed E-state index contributed by atoms with van der Waals surface area (Å²) >= 11 is 0. The molecule has 0 bridgehead atoms. The van der Waals surface area contributed by atoms with E-state index < -0.39 is 0 Å². The van der Waals surface area contributed by atoms with Crippen LogP contribution in [0.25, 0.3) is 0 Å². The second-order valence-electron chi connectivity index (χ2n) is 5.35. The summed E-state index contributed by atoms with van der Waals surface area (Å²) in [5.74, 6) is 1.31. The van der Waals surface area contributed by atoms with Gasteiger partial charge in [-0.25, -0.2) is 0 Å². The zero-order valence-corrected chi connectivity index (χ0v) is 14.4. The lowest BCUT2D eigenvalue weighted by Gasteiger charge is -2.11. The molecule has 0 spiro atoms. The molecule has 2 aromatic rings. The van der Waals surface area contributed by atoms with E-state index in [0.717, 1.165) is 17.8 Å². The van der Waals surface area contributed by atoms with E-state index in [1.165, 1.54) is 5.56 Å². The first kappa shape index (κ1) is 17.7. The SMILES string of the molecule is CCc1ccc(NC(=O)CCNc2ccc(OC)c(OC)c2)cc1. The van der Waals surface area contributed by atoms with Crippen molar-refractivity contribution in [2.24, 2.45) is 0 Å². The summed E-state index contributed by atoms with van der Waals surface area (Å²) < 4.78 is 10.5. The number of benzene rings is 2. The number of nitrogens with one attached hydrogen (secondary N) is 2. The standard InChI is InChI=1S/C19H24N2O3/c1-4-14-5-7-15(8-6-14)21-19(22)11-12-20-16-9-10-17(23-2)18(13-16)24-3/h5-10,13,20H,4,11-12H2,1-3H3,(H,21,22). The average molecular weight is 328 g/mol. The lowest BCUT2D eigenvalue weighted by Crippen LogP contribution is -2.16. The second kappa shape index (κ2) is 8.82. The van der Waals surface area contributed by atoms with Gasteiger partial charge in [-0.05, 0) is 36.2 Å². The molecule has 2 aromatic carbocycles. The topological polar surface area (TPSA) is 59.6 Å². The fourth-order valence-corrected chi connectivity index (χ4v) is 2.31. The largest absolute Gasteiger partial charge is 0.493 e. The molecule has 0 radical (unpaired) electrons. The molecule has 0 unspecified atom stereocenters. The van der Waals surface area contributed by atoms with Crippen LogP contribution in [0.2, 0.25) is 0 Å². The number of carbonyl (C=O) groups is 1. The molecule has 0 atom stereocenters. The van der Waals surface area contributed by atoms with Crippen molar-refractivity contribution in [1.82, 2.24) is 0 Å². The molecule has 0 fully saturated rings. The van der Waals surface area contributed by atoms with E-state index in [-0.39, 0.29) is 5.91 Å². The molecular weight excluding hydrogens is 304 g/mol. The molecule has 1 amide bonds. The lowest BCUT2D eigenvalue weighted by molar-refractivity contribution is -0.115. The van der Waals surface area contributed by atoms with Crippen molar-refractivity contribution in [2.45, 2.75) is 19.8 Å². The van der Waals surface area contributed by atoms with Crippen LogP contribution in [0.4, 0.5) is 11.4 Å². The van der Waals surface area contributed by atoms with E-state index in [2.05, 4.69) is 17.6 Å². The van der Waals surface area contributed by atoms with Crippen LogP contribution in [0.3, 0.4) is 0 Å². The molecule has 5 heteroatoms. The van der Waals surface area contributed by atoms with Gasteiger partial charge in [0, 0.05) is 30.4 Å². The predicted molar refractivity (Wildman–Crippen MR) is 97.1 cm³/mol. The number of hydrogen-bond acceptors (Lipinski definition) is 4. The molecule has 0 aliphatic heterocycles. The molecule has 0 aromatic heterocycles. The van der Waals surface area contributed by atoms with Crippen LogP contribution in [-0.4, -0.2) is 26.7 Å². The van der Waals surface area contributed by atoms with Crippen LogP contribution in [-0.2, 0) is 11.2 Å². The van der Waals surface area contributed by atoms with Crippen LogP contribution in [0.1, 0.15) is 18.9 Å². The number of hydrogen-bond donors (Lipinski definition) is 2. The number of anilines is 2. The number of amides is 1. The van der Waals surface area contributed by atoms with E-state index in [9.17, 15) is 4.79 Å². The number of ether oxygens (including phenoxy) is 2. The van der Waals surface area contributed by atoms with Gasteiger partial charge in [-0.15, -0.1) is 0 Å². The van der Waals surface area contributed by atoms with Crippen molar-refractivity contribution in [3.63, 3.8) is 0 Å². The van der Waals surface area contributed by atoms with Crippen molar-refractivity contribution < 1.29 is 14.3 Å². The molecule has 0 aliphatic carbocycles. The molecule has 0 saturated heterocycles. The van der Waals surface area contributed by atoms with Crippen molar-refractivity contribution in [1.29, 1.82) is 0 Å². The minimum Gasteiger partial charge on any atom is -0.493 e. The highest BCUT2D eigenvalue weighted by atomic mass is 16.5. The number of carbonyl (C=O) groups excluding carboxylic acids is 1. The first-order valence-corrected chi connectivity index (χ1v) is 8.01. The Bertz CT molecular complexity index is 669. The summed E-state index contributed by atoms with van der Waals surface area (Å²) in [5.41, 5.74) is 2.96. The monoisotopic (exact) mass is 328 g/mol. The van der Waals surface area contributed by atoms with E-state index in [4.69, 9.17) is 9.47 Å².